The van der Waals surface area contributed by atoms with E-state index in [1.54, 1.807) is 12.1 Å². The molecule has 0 aromatic heterocycles. The number of aryl methyl sites for hydroxylation is 1. The lowest BCUT2D eigenvalue weighted by Crippen LogP contribution is -2.27. The second-order valence-electron chi connectivity index (χ2n) is 6.69. The highest BCUT2D eigenvalue weighted by molar-refractivity contribution is 7.89. The smallest absolute Gasteiger partial charge is 0.338 e. The van der Waals surface area contributed by atoms with Crippen LogP contribution in [0.1, 0.15) is 46.0 Å². The molecule has 0 aliphatic carbocycles. The molecular formula is C21H23NO5S. The first-order valence-corrected chi connectivity index (χ1v) is 10.8. The number of hydrogen-bond acceptors (Lipinski definition) is 5. The molecule has 1 fully saturated rings. The van der Waals surface area contributed by atoms with Gasteiger partial charge < -0.3 is 4.74 Å². The Labute approximate surface area is 165 Å². The number of benzene rings is 2. The van der Waals surface area contributed by atoms with Gasteiger partial charge >= 0.3 is 5.97 Å². The highest BCUT2D eigenvalue weighted by atomic mass is 32.2. The van der Waals surface area contributed by atoms with E-state index in [-0.39, 0.29) is 22.8 Å². The average Bonchev–Trinajstić information content (AvgIpc) is 3.28. The Morgan fingerprint density at radius 3 is 2.07 bits per heavy atom. The number of ether oxygens (including phenoxy) is 1. The molecule has 2 aromatic rings. The Balaban J connectivity index is 1.60. The van der Waals surface area contributed by atoms with E-state index in [4.69, 9.17) is 4.74 Å². The predicted molar refractivity (Wildman–Crippen MR) is 105 cm³/mol. The van der Waals surface area contributed by atoms with Gasteiger partial charge in [0.15, 0.2) is 12.4 Å². The molecule has 28 heavy (non-hydrogen) atoms. The van der Waals surface area contributed by atoms with Crippen LogP contribution in [0.2, 0.25) is 0 Å². The predicted octanol–water partition coefficient (Wildman–Crippen LogP) is 3.07. The van der Waals surface area contributed by atoms with Crippen LogP contribution in [-0.2, 0) is 21.2 Å². The van der Waals surface area contributed by atoms with Crippen LogP contribution in [0.3, 0.4) is 0 Å². The van der Waals surface area contributed by atoms with Gasteiger partial charge in [-0.15, -0.1) is 0 Å². The number of nitrogens with zero attached hydrogens (tertiary/aromatic N) is 1. The molecule has 0 bridgehead atoms. The molecule has 0 unspecified atom stereocenters. The molecule has 0 saturated carbocycles. The number of Topliss-reactive ketones (excluding diaryl/α,β-unsaturated/α-hetero) is 1. The lowest BCUT2D eigenvalue weighted by atomic mass is 10.1. The quantitative estimate of drug-likeness (QED) is 0.526. The fourth-order valence-corrected chi connectivity index (χ4v) is 4.58. The lowest BCUT2D eigenvalue weighted by molar-refractivity contribution is 0.0474. The maximum atomic E-state index is 12.5. The number of esters is 1. The van der Waals surface area contributed by atoms with Crippen molar-refractivity contribution < 1.29 is 22.7 Å². The van der Waals surface area contributed by atoms with Crippen LogP contribution in [-0.4, -0.2) is 44.2 Å². The van der Waals surface area contributed by atoms with Crippen molar-refractivity contribution >= 4 is 21.8 Å². The van der Waals surface area contributed by atoms with Crippen LogP contribution in [0.5, 0.6) is 0 Å². The summed E-state index contributed by atoms with van der Waals surface area (Å²) in [6.45, 7) is 2.71. The van der Waals surface area contributed by atoms with Crippen LogP contribution < -0.4 is 0 Å². The normalized spacial score (nSPS) is 14.8. The molecule has 0 amide bonds. The molecule has 0 spiro atoms. The third-order valence-corrected chi connectivity index (χ3v) is 6.72. The zero-order chi connectivity index (χ0) is 20.1. The topological polar surface area (TPSA) is 80.8 Å². The number of carbonyl (C=O) groups excluding carboxylic acids is 2. The number of rotatable bonds is 7. The van der Waals surface area contributed by atoms with Gasteiger partial charge in [-0.05, 0) is 49.1 Å². The number of ketones is 1. The minimum absolute atomic E-state index is 0.151. The fraction of sp³-hybridized carbons (Fsp3) is 0.333. The third-order valence-electron chi connectivity index (χ3n) is 4.81. The lowest BCUT2D eigenvalue weighted by Gasteiger charge is -2.15. The zero-order valence-corrected chi connectivity index (χ0v) is 16.6. The molecule has 2 aromatic carbocycles. The maximum Gasteiger partial charge on any atom is 0.338 e. The van der Waals surface area contributed by atoms with Crippen molar-refractivity contribution in [3.05, 3.63) is 65.2 Å². The van der Waals surface area contributed by atoms with E-state index in [0.29, 0.717) is 18.7 Å². The SMILES string of the molecule is CCc1ccc(C(=O)COC(=O)c2ccc(S(=O)(=O)N3CCCC3)cc2)cc1. The van der Waals surface area contributed by atoms with Gasteiger partial charge in [-0.2, -0.15) is 4.31 Å². The van der Waals surface area contributed by atoms with E-state index in [0.717, 1.165) is 24.8 Å². The van der Waals surface area contributed by atoms with Gasteiger partial charge in [0.2, 0.25) is 10.0 Å². The summed E-state index contributed by atoms with van der Waals surface area (Å²) < 4.78 is 31.5. The van der Waals surface area contributed by atoms with E-state index in [2.05, 4.69) is 0 Å². The molecule has 6 nitrogen and oxygen atoms in total. The highest BCUT2D eigenvalue weighted by Crippen LogP contribution is 2.21. The first-order chi connectivity index (χ1) is 13.4. The Morgan fingerprint density at radius 2 is 1.50 bits per heavy atom. The van der Waals surface area contributed by atoms with E-state index in [1.807, 2.05) is 19.1 Å². The van der Waals surface area contributed by atoms with Gasteiger partial charge in [-0.25, -0.2) is 13.2 Å². The molecule has 148 valence electrons. The largest absolute Gasteiger partial charge is 0.454 e. The average molecular weight is 401 g/mol. The van der Waals surface area contributed by atoms with Gasteiger partial charge in [0.1, 0.15) is 0 Å². The summed E-state index contributed by atoms with van der Waals surface area (Å²) in [6, 6.07) is 12.8. The van der Waals surface area contributed by atoms with Crippen LogP contribution in [0.25, 0.3) is 0 Å². The molecular weight excluding hydrogens is 378 g/mol. The molecule has 0 N–H and O–H groups in total. The molecule has 7 heteroatoms. The second kappa shape index (κ2) is 8.67. The van der Waals surface area contributed by atoms with Crippen LogP contribution in [0, 0.1) is 0 Å². The van der Waals surface area contributed by atoms with Crippen molar-refractivity contribution in [1.82, 2.24) is 4.31 Å². The number of sulfonamides is 1. The Hall–Kier alpha value is -2.51. The van der Waals surface area contributed by atoms with E-state index in [9.17, 15) is 18.0 Å². The van der Waals surface area contributed by atoms with E-state index >= 15 is 0 Å². The van der Waals surface area contributed by atoms with Gasteiger partial charge in [0.25, 0.3) is 0 Å². The monoisotopic (exact) mass is 401 g/mol. The van der Waals surface area contributed by atoms with Crippen LogP contribution in [0.15, 0.2) is 53.4 Å². The van der Waals surface area contributed by atoms with Gasteiger partial charge in [0, 0.05) is 18.7 Å². The summed E-state index contributed by atoms with van der Waals surface area (Å²) in [5, 5.41) is 0. The van der Waals surface area contributed by atoms with Gasteiger partial charge in [0.05, 0.1) is 10.5 Å². The minimum Gasteiger partial charge on any atom is -0.454 e. The van der Waals surface area contributed by atoms with E-state index < -0.39 is 16.0 Å². The molecule has 1 aliphatic rings. The van der Waals surface area contributed by atoms with Crippen molar-refractivity contribution in [2.75, 3.05) is 19.7 Å². The summed E-state index contributed by atoms with van der Waals surface area (Å²) in [7, 11) is -3.52. The fourth-order valence-electron chi connectivity index (χ4n) is 3.06. The van der Waals surface area contributed by atoms with Crippen molar-refractivity contribution in [3.63, 3.8) is 0 Å². The molecule has 1 aliphatic heterocycles. The zero-order valence-electron chi connectivity index (χ0n) is 15.8. The van der Waals surface area contributed by atoms with Gasteiger partial charge in [-0.3, -0.25) is 4.79 Å². The van der Waals surface area contributed by atoms with Gasteiger partial charge in [-0.1, -0.05) is 31.2 Å². The molecule has 0 radical (unpaired) electrons. The minimum atomic E-state index is -3.52. The second-order valence-corrected chi connectivity index (χ2v) is 8.62. The summed E-state index contributed by atoms with van der Waals surface area (Å²) in [5.41, 5.74) is 1.81. The molecule has 3 rings (SSSR count). The molecule has 0 atom stereocenters. The summed E-state index contributed by atoms with van der Waals surface area (Å²) in [4.78, 5) is 24.5. The van der Waals surface area contributed by atoms with Crippen molar-refractivity contribution in [3.8, 4) is 0 Å². The molecule has 1 saturated heterocycles. The van der Waals surface area contributed by atoms with Crippen LogP contribution >= 0.6 is 0 Å². The third kappa shape index (κ3) is 4.48. The van der Waals surface area contributed by atoms with Crippen LogP contribution in [0.4, 0.5) is 0 Å². The standard InChI is InChI=1S/C21H23NO5S/c1-2-16-5-7-17(8-6-16)20(23)15-27-21(24)18-9-11-19(12-10-18)28(25,26)22-13-3-4-14-22/h5-12H,2-4,13-15H2,1H3. The number of carbonyl (C=O) groups is 2. The van der Waals surface area contributed by atoms with Crippen molar-refractivity contribution in [2.45, 2.75) is 31.1 Å². The first kappa shape index (κ1) is 20.2. The molecule has 1 heterocycles. The number of hydrogen-bond donors (Lipinski definition) is 0. The highest BCUT2D eigenvalue weighted by Gasteiger charge is 2.27. The maximum absolute atomic E-state index is 12.5. The van der Waals surface area contributed by atoms with E-state index in [1.165, 1.54) is 28.6 Å². The van der Waals surface area contributed by atoms with Crippen molar-refractivity contribution in [2.24, 2.45) is 0 Å². The summed E-state index contributed by atoms with van der Waals surface area (Å²) >= 11 is 0. The first-order valence-electron chi connectivity index (χ1n) is 9.31. The van der Waals surface area contributed by atoms with Crippen molar-refractivity contribution in [1.29, 1.82) is 0 Å². The summed E-state index contributed by atoms with van der Waals surface area (Å²) in [5.74, 6) is -0.951. The Kier molecular flexibility index (Phi) is 6.26. The Morgan fingerprint density at radius 1 is 0.929 bits per heavy atom. The Bertz CT molecular complexity index is 943. The summed E-state index contributed by atoms with van der Waals surface area (Å²) in [6.07, 6.45) is 2.60.